The monoisotopic (exact) mass is 531 g/mol. The number of hydrogen-bond acceptors (Lipinski definition) is 6. The molecular formula is C28H29N5O6. The third-order valence-electron chi connectivity index (χ3n) is 5.98. The first-order valence-electron chi connectivity index (χ1n) is 12.2. The van der Waals surface area contributed by atoms with Crippen LogP contribution in [0.2, 0.25) is 0 Å². The van der Waals surface area contributed by atoms with Crippen LogP contribution >= 0.6 is 0 Å². The van der Waals surface area contributed by atoms with Gasteiger partial charge in [-0.3, -0.25) is 19.2 Å². The number of aromatic nitrogens is 1. The van der Waals surface area contributed by atoms with Crippen LogP contribution in [0.5, 0.6) is 0 Å². The minimum atomic E-state index is -0.682. The Balaban J connectivity index is 0.00000205. The molecule has 0 atom stereocenters. The molecule has 1 aromatic heterocycles. The number of aromatic amines is 1. The molecule has 0 radical (unpaired) electrons. The van der Waals surface area contributed by atoms with Gasteiger partial charge in [0, 0.05) is 43.3 Å². The summed E-state index contributed by atoms with van der Waals surface area (Å²) in [5.74, 6) is -2.01. The number of piperazine rings is 1. The van der Waals surface area contributed by atoms with E-state index in [1.54, 1.807) is 54.3 Å². The number of terminal acetylenes is 1. The number of benzene rings is 2. The zero-order chi connectivity index (χ0) is 28.4. The molecule has 3 N–H and O–H groups in total. The van der Waals surface area contributed by atoms with Crippen LogP contribution in [0.4, 0.5) is 10.5 Å². The molecule has 0 saturated carbocycles. The first-order valence-corrected chi connectivity index (χ1v) is 12.2. The fraction of sp³-hybridized carbons (Fsp3) is 0.250. The van der Waals surface area contributed by atoms with E-state index in [0.29, 0.717) is 35.2 Å². The zero-order valence-electron chi connectivity index (χ0n) is 21.4. The lowest BCUT2D eigenvalue weighted by Crippen LogP contribution is -2.52. The summed E-state index contributed by atoms with van der Waals surface area (Å²) in [4.78, 5) is 68.4. The molecule has 0 bridgehead atoms. The van der Waals surface area contributed by atoms with Crippen LogP contribution in [0.25, 0.3) is 10.9 Å². The van der Waals surface area contributed by atoms with Crippen molar-refractivity contribution in [3.63, 3.8) is 0 Å². The number of nitrogens with one attached hydrogen (secondary N) is 3. The maximum Gasteiger partial charge on any atom is 0.325 e. The van der Waals surface area contributed by atoms with Crippen molar-refractivity contribution >= 4 is 46.2 Å². The van der Waals surface area contributed by atoms with Crippen LogP contribution in [0.3, 0.4) is 0 Å². The lowest BCUT2D eigenvalue weighted by Gasteiger charge is -2.34. The number of ether oxygens (including phenoxy) is 1. The Hall–Kier alpha value is -5.11. The molecule has 11 nitrogen and oxygen atoms in total. The molecule has 1 saturated heterocycles. The Kier molecular flexibility index (Phi) is 9.81. The van der Waals surface area contributed by atoms with Gasteiger partial charge in [0.15, 0.2) is 0 Å². The molecule has 1 aliphatic heterocycles. The second-order valence-electron chi connectivity index (χ2n) is 8.32. The molecule has 3 aromatic rings. The van der Waals surface area contributed by atoms with E-state index in [1.807, 2.05) is 6.07 Å². The SMILES string of the molecule is C#C.CCOC(=O)CNC(=O)Nc1cccc2c(C(=O)C(=O)N3CCN(C(=O)c4ccccc4)CC3)c[nH]c12. The first-order chi connectivity index (χ1) is 18.9. The molecule has 11 heteroatoms. The van der Waals surface area contributed by atoms with Gasteiger partial charge in [-0.2, -0.15) is 0 Å². The van der Waals surface area contributed by atoms with Crippen molar-refractivity contribution in [3.8, 4) is 12.8 Å². The summed E-state index contributed by atoms with van der Waals surface area (Å²) in [6.07, 6.45) is 9.43. The average Bonchev–Trinajstić information content (AvgIpc) is 3.42. The molecule has 1 fully saturated rings. The summed E-state index contributed by atoms with van der Waals surface area (Å²) in [6, 6.07) is 13.2. The number of carbonyl (C=O) groups excluding carboxylic acids is 5. The van der Waals surface area contributed by atoms with Crippen molar-refractivity contribution in [2.75, 3.05) is 44.6 Å². The van der Waals surface area contributed by atoms with Gasteiger partial charge in [-0.25, -0.2) is 4.79 Å². The van der Waals surface area contributed by atoms with E-state index in [0.717, 1.165) is 0 Å². The second kappa shape index (κ2) is 13.4. The summed E-state index contributed by atoms with van der Waals surface area (Å²) in [6.45, 7) is 2.74. The van der Waals surface area contributed by atoms with E-state index >= 15 is 0 Å². The van der Waals surface area contributed by atoms with E-state index in [2.05, 4.69) is 28.5 Å². The number of Topliss-reactive ketones (excluding diaryl/α,β-unsaturated/α-hetero) is 1. The van der Waals surface area contributed by atoms with Crippen molar-refractivity contribution in [1.29, 1.82) is 0 Å². The number of amides is 4. The van der Waals surface area contributed by atoms with Crippen LogP contribution in [0.15, 0.2) is 54.7 Å². The van der Waals surface area contributed by atoms with Gasteiger partial charge in [0.2, 0.25) is 0 Å². The smallest absolute Gasteiger partial charge is 0.325 e. The number of H-pyrrole nitrogens is 1. The summed E-state index contributed by atoms with van der Waals surface area (Å²) in [7, 11) is 0. The molecule has 0 spiro atoms. The van der Waals surface area contributed by atoms with Crippen LogP contribution < -0.4 is 10.6 Å². The molecule has 202 valence electrons. The number of carbonyl (C=O) groups is 5. The maximum atomic E-state index is 13.1. The highest BCUT2D eigenvalue weighted by Gasteiger charge is 2.30. The Morgan fingerprint density at radius 3 is 2.26 bits per heavy atom. The summed E-state index contributed by atoms with van der Waals surface area (Å²) >= 11 is 0. The van der Waals surface area contributed by atoms with Gasteiger partial charge in [0.1, 0.15) is 6.54 Å². The number of ketones is 1. The minimum Gasteiger partial charge on any atom is -0.465 e. The first kappa shape index (κ1) is 28.5. The fourth-order valence-corrected chi connectivity index (χ4v) is 4.11. The normalized spacial score (nSPS) is 12.6. The quantitative estimate of drug-likeness (QED) is 0.185. The highest BCUT2D eigenvalue weighted by molar-refractivity contribution is 6.45. The lowest BCUT2D eigenvalue weighted by molar-refractivity contribution is -0.141. The van der Waals surface area contributed by atoms with E-state index in [1.165, 1.54) is 11.1 Å². The van der Waals surface area contributed by atoms with Crippen molar-refractivity contribution in [3.05, 3.63) is 65.9 Å². The molecule has 2 aromatic carbocycles. The van der Waals surface area contributed by atoms with Crippen molar-refractivity contribution in [2.45, 2.75) is 6.92 Å². The number of esters is 1. The van der Waals surface area contributed by atoms with E-state index in [-0.39, 0.29) is 37.7 Å². The van der Waals surface area contributed by atoms with E-state index < -0.39 is 23.7 Å². The van der Waals surface area contributed by atoms with Gasteiger partial charge in [-0.1, -0.05) is 30.3 Å². The highest BCUT2D eigenvalue weighted by atomic mass is 16.5. The highest BCUT2D eigenvalue weighted by Crippen LogP contribution is 2.26. The van der Waals surface area contributed by atoms with Gasteiger partial charge >= 0.3 is 12.0 Å². The Morgan fingerprint density at radius 1 is 0.923 bits per heavy atom. The standard InChI is InChI=1S/C26H27N5O6.C2H2/c1-2-37-21(32)16-28-26(36)29-20-10-6-9-18-19(15-27-22(18)20)23(33)25(35)31-13-11-30(12-14-31)24(34)17-7-4-3-5-8-17;1-2/h3-10,15,27H,2,11-14,16H2,1H3,(H2,28,29,36);1-2H. The number of para-hydroxylation sites is 1. The Labute approximate surface area is 225 Å². The lowest BCUT2D eigenvalue weighted by atomic mass is 10.1. The third kappa shape index (κ3) is 6.81. The van der Waals surface area contributed by atoms with Gasteiger partial charge in [-0.05, 0) is 25.1 Å². The summed E-state index contributed by atoms with van der Waals surface area (Å²) < 4.78 is 4.77. The van der Waals surface area contributed by atoms with Gasteiger partial charge in [0.05, 0.1) is 23.4 Å². The second-order valence-corrected chi connectivity index (χ2v) is 8.32. The van der Waals surface area contributed by atoms with Gasteiger partial charge in [0.25, 0.3) is 17.6 Å². The molecule has 4 rings (SSSR count). The molecule has 2 heterocycles. The number of urea groups is 1. The third-order valence-corrected chi connectivity index (χ3v) is 5.98. The molecular weight excluding hydrogens is 502 g/mol. The average molecular weight is 532 g/mol. The molecule has 0 unspecified atom stereocenters. The van der Waals surface area contributed by atoms with Crippen molar-refractivity contribution in [2.24, 2.45) is 0 Å². The number of rotatable bonds is 7. The largest absolute Gasteiger partial charge is 0.465 e. The molecule has 0 aliphatic carbocycles. The number of nitrogens with zero attached hydrogens (tertiary/aromatic N) is 2. The van der Waals surface area contributed by atoms with Gasteiger partial charge < -0.3 is 30.2 Å². The summed E-state index contributed by atoms with van der Waals surface area (Å²) in [5, 5.41) is 5.49. The zero-order valence-corrected chi connectivity index (χ0v) is 21.4. The molecule has 4 amide bonds. The van der Waals surface area contributed by atoms with Crippen LogP contribution in [-0.2, 0) is 14.3 Å². The van der Waals surface area contributed by atoms with Crippen molar-refractivity contribution in [1.82, 2.24) is 20.1 Å². The molecule has 1 aliphatic rings. The number of fused-ring (bicyclic) bond motifs is 1. The fourth-order valence-electron chi connectivity index (χ4n) is 4.11. The maximum absolute atomic E-state index is 13.1. The van der Waals surface area contributed by atoms with E-state index in [9.17, 15) is 24.0 Å². The minimum absolute atomic E-state index is 0.109. The Morgan fingerprint density at radius 2 is 1.59 bits per heavy atom. The van der Waals surface area contributed by atoms with Crippen molar-refractivity contribution < 1.29 is 28.7 Å². The van der Waals surface area contributed by atoms with Crippen LogP contribution in [0, 0.1) is 12.8 Å². The predicted octanol–water partition coefficient (Wildman–Crippen LogP) is 2.27. The predicted molar refractivity (Wildman–Crippen MR) is 145 cm³/mol. The topological polar surface area (TPSA) is 141 Å². The van der Waals surface area contributed by atoms with Crippen LogP contribution in [-0.4, -0.2) is 83.7 Å². The number of anilines is 1. The number of hydrogen-bond donors (Lipinski definition) is 3. The van der Waals surface area contributed by atoms with Crippen LogP contribution in [0.1, 0.15) is 27.6 Å². The van der Waals surface area contributed by atoms with E-state index in [4.69, 9.17) is 4.74 Å². The molecule has 39 heavy (non-hydrogen) atoms. The summed E-state index contributed by atoms with van der Waals surface area (Å²) in [5.41, 5.74) is 1.59. The Bertz CT molecular complexity index is 1370. The van der Waals surface area contributed by atoms with Gasteiger partial charge in [-0.15, -0.1) is 12.8 Å².